The van der Waals surface area contributed by atoms with Crippen LogP contribution in [-0.4, -0.2) is 34.1 Å². The Morgan fingerprint density at radius 1 is 1.10 bits per heavy atom. The topological polar surface area (TPSA) is 104 Å². The zero-order chi connectivity index (χ0) is 15.3. The van der Waals surface area contributed by atoms with Gasteiger partial charge < -0.3 is 15.5 Å². The Bertz CT molecular complexity index is 385. The highest BCUT2D eigenvalue weighted by atomic mass is 16.4. The van der Waals surface area contributed by atoms with E-state index >= 15 is 0 Å². The zero-order valence-electron chi connectivity index (χ0n) is 12.0. The van der Waals surface area contributed by atoms with E-state index in [-0.39, 0.29) is 24.7 Å². The van der Waals surface area contributed by atoms with Gasteiger partial charge in [0.25, 0.3) is 0 Å². The van der Waals surface area contributed by atoms with Crippen molar-refractivity contribution in [2.75, 3.05) is 0 Å². The van der Waals surface area contributed by atoms with Crippen LogP contribution in [-0.2, 0) is 14.4 Å². The quantitative estimate of drug-likeness (QED) is 0.659. The van der Waals surface area contributed by atoms with Crippen LogP contribution in [0.15, 0.2) is 0 Å². The van der Waals surface area contributed by atoms with Gasteiger partial charge in [-0.1, -0.05) is 26.7 Å². The van der Waals surface area contributed by atoms with Crippen LogP contribution in [0.1, 0.15) is 52.4 Å². The van der Waals surface area contributed by atoms with E-state index in [4.69, 9.17) is 10.2 Å². The summed E-state index contributed by atoms with van der Waals surface area (Å²) in [7, 11) is 0. The minimum absolute atomic E-state index is 0.0279. The van der Waals surface area contributed by atoms with E-state index in [2.05, 4.69) is 5.32 Å². The SMILES string of the molecule is CC(C)C(NC(=O)CC1(CC(=O)O)CCCC1)C(=O)O. The van der Waals surface area contributed by atoms with E-state index < -0.39 is 23.4 Å². The summed E-state index contributed by atoms with van der Waals surface area (Å²) in [6.07, 6.45) is 3.34. The lowest BCUT2D eigenvalue weighted by atomic mass is 9.79. The molecule has 1 aliphatic rings. The first-order valence-electron chi connectivity index (χ1n) is 7.00. The van der Waals surface area contributed by atoms with Crippen molar-refractivity contribution in [2.45, 2.75) is 58.4 Å². The Morgan fingerprint density at radius 3 is 2.05 bits per heavy atom. The lowest BCUT2D eigenvalue weighted by molar-refractivity contribution is -0.144. The molecule has 0 bridgehead atoms. The molecule has 6 heteroatoms. The lowest BCUT2D eigenvalue weighted by Gasteiger charge is -2.27. The molecule has 0 aromatic heterocycles. The van der Waals surface area contributed by atoms with Crippen LogP contribution in [0.4, 0.5) is 0 Å². The molecule has 1 atom stereocenters. The predicted molar refractivity (Wildman–Crippen MR) is 72.2 cm³/mol. The monoisotopic (exact) mass is 285 g/mol. The van der Waals surface area contributed by atoms with E-state index in [1.807, 2.05) is 0 Å². The molecule has 0 aliphatic heterocycles. The molecule has 0 saturated heterocycles. The molecular weight excluding hydrogens is 262 g/mol. The lowest BCUT2D eigenvalue weighted by Crippen LogP contribution is -2.45. The van der Waals surface area contributed by atoms with E-state index in [1.54, 1.807) is 13.8 Å². The van der Waals surface area contributed by atoms with Crippen molar-refractivity contribution < 1.29 is 24.6 Å². The fourth-order valence-corrected chi connectivity index (χ4v) is 2.94. The third kappa shape index (κ3) is 4.51. The van der Waals surface area contributed by atoms with Gasteiger partial charge in [-0.05, 0) is 24.2 Å². The number of carboxylic acid groups (broad SMARTS) is 2. The van der Waals surface area contributed by atoms with E-state index in [0.29, 0.717) is 12.8 Å². The van der Waals surface area contributed by atoms with E-state index in [0.717, 1.165) is 12.8 Å². The van der Waals surface area contributed by atoms with Crippen molar-refractivity contribution in [3.63, 3.8) is 0 Å². The van der Waals surface area contributed by atoms with Crippen molar-refractivity contribution in [1.82, 2.24) is 5.32 Å². The standard InChI is InChI=1S/C14H23NO5/c1-9(2)12(13(19)20)15-10(16)7-14(8-11(17)18)5-3-4-6-14/h9,12H,3-8H2,1-2H3,(H,15,16)(H,17,18)(H,19,20). The number of rotatable bonds is 7. The maximum atomic E-state index is 12.0. The zero-order valence-corrected chi connectivity index (χ0v) is 12.0. The number of nitrogens with one attached hydrogen (secondary N) is 1. The normalized spacial score (nSPS) is 18.8. The number of aliphatic carboxylic acids is 2. The Kier molecular flexibility index (Phi) is 5.53. The second-order valence-electron chi connectivity index (χ2n) is 6.08. The number of carboxylic acids is 2. The van der Waals surface area contributed by atoms with Crippen LogP contribution in [0.25, 0.3) is 0 Å². The van der Waals surface area contributed by atoms with Crippen molar-refractivity contribution >= 4 is 17.8 Å². The number of carbonyl (C=O) groups excluding carboxylic acids is 1. The highest BCUT2D eigenvalue weighted by Crippen LogP contribution is 2.44. The van der Waals surface area contributed by atoms with Gasteiger partial charge in [0.15, 0.2) is 0 Å². The van der Waals surface area contributed by atoms with Gasteiger partial charge in [0.2, 0.25) is 5.91 Å². The maximum absolute atomic E-state index is 12.0. The summed E-state index contributed by atoms with van der Waals surface area (Å²) in [5.41, 5.74) is -0.504. The minimum Gasteiger partial charge on any atom is -0.481 e. The number of amides is 1. The fraction of sp³-hybridized carbons (Fsp3) is 0.786. The summed E-state index contributed by atoms with van der Waals surface area (Å²) >= 11 is 0. The molecule has 20 heavy (non-hydrogen) atoms. The molecule has 0 spiro atoms. The second-order valence-corrected chi connectivity index (χ2v) is 6.08. The molecule has 0 aromatic carbocycles. The first-order valence-corrected chi connectivity index (χ1v) is 7.00. The number of carbonyl (C=O) groups is 3. The third-order valence-corrected chi connectivity index (χ3v) is 3.98. The predicted octanol–water partition coefficient (Wildman–Crippen LogP) is 1.64. The molecule has 6 nitrogen and oxygen atoms in total. The smallest absolute Gasteiger partial charge is 0.326 e. The van der Waals surface area contributed by atoms with Gasteiger partial charge in [-0.2, -0.15) is 0 Å². The summed E-state index contributed by atoms with van der Waals surface area (Å²) in [6.45, 7) is 3.45. The molecular formula is C14H23NO5. The van der Waals surface area contributed by atoms with Crippen LogP contribution in [0.5, 0.6) is 0 Å². The van der Waals surface area contributed by atoms with Crippen molar-refractivity contribution in [2.24, 2.45) is 11.3 Å². The average Bonchev–Trinajstić information content (AvgIpc) is 2.72. The molecule has 1 amide bonds. The van der Waals surface area contributed by atoms with Crippen LogP contribution in [0.2, 0.25) is 0 Å². The molecule has 1 rings (SSSR count). The Morgan fingerprint density at radius 2 is 1.65 bits per heavy atom. The Labute approximate surface area is 118 Å². The molecule has 0 heterocycles. The first-order chi connectivity index (χ1) is 9.26. The molecule has 1 saturated carbocycles. The molecule has 0 radical (unpaired) electrons. The van der Waals surface area contributed by atoms with Gasteiger partial charge in [0.1, 0.15) is 6.04 Å². The molecule has 1 fully saturated rings. The van der Waals surface area contributed by atoms with Gasteiger partial charge in [-0.15, -0.1) is 0 Å². The fourth-order valence-electron chi connectivity index (χ4n) is 2.94. The molecule has 1 aliphatic carbocycles. The summed E-state index contributed by atoms with van der Waals surface area (Å²) in [6, 6.07) is -0.925. The highest BCUT2D eigenvalue weighted by Gasteiger charge is 2.38. The Balaban J connectivity index is 2.67. The summed E-state index contributed by atoms with van der Waals surface area (Å²) < 4.78 is 0. The van der Waals surface area contributed by atoms with Crippen LogP contribution >= 0.6 is 0 Å². The van der Waals surface area contributed by atoms with Gasteiger partial charge >= 0.3 is 11.9 Å². The van der Waals surface area contributed by atoms with Gasteiger partial charge in [-0.3, -0.25) is 9.59 Å². The second kappa shape index (κ2) is 6.72. The van der Waals surface area contributed by atoms with Crippen molar-refractivity contribution in [1.29, 1.82) is 0 Å². The van der Waals surface area contributed by atoms with Gasteiger partial charge in [-0.25, -0.2) is 4.79 Å². The maximum Gasteiger partial charge on any atom is 0.326 e. The molecule has 1 unspecified atom stereocenters. The van der Waals surface area contributed by atoms with Crippen LogP contribution < -0.4 is 5.32 Å². The third-order valence-electron chi connectivity index (χ3n) is 3.98. The summed E-state index contributed by atoms with van der Waals surface area (Å²) in [5, 5.41) is 20.5. The van der Waals surface area contributed by atoms with Crippen LogP contribution in [0, 0.1) is 11.3 Å². The number of hydrogen-bond acceptors (Lipinski definition) is 3. The Hall–Kier alpha value is -1.59. The van der Waals surface area contributed by atoms with Crippen molar-refractivity contribution in [3.8, 4) is 0 Å². The largest absolute Gasteiger partial charge is 0.481 e. The first kappa shape index (κ1) is 16.5. The van der Waals surface area contributed by atoms with Gasteiger partial charge in [0, 0.05) is 6.42 Å². The van der Waals surface area contributed by atoms with E-state index in [9.17, 15) is 14.4 Å². The average molecular weight is 285 g/mol. The molecule has 114 valence electrons. The summed E-state index contributed by atoms with van der Waals surface area (Å²) in [5.74, 6) is -2.55. The van der Waals surface area contributed by atoms with E-state index in [1.165, 1.54) is 0 Å². The summed E-state index contributed by atoms with van der Waals surface area (Å²) in [4.78, 5) is 34.1. The molecule has 0 aromatic rings. The highest BCUT2D eigenvalue weighted by molar-refractivity contribution is 5.84. The van der Waals surface area contributed by atoms with Crippen LogP contribution in [0.3, 0.4) is 0 Å². The number of hydrogen-bond donors (Lipinski definition) is 3. The van der Waals surface area contributed by atoms with Crippen molar-refractivity contribution in [3.05, 3.63) is 0 Å². The molecule has 3 N–H and O–H groups in total. The van der Waals surface area contributed by atoms with Gasteiger partial charge in [0.05, 0.1) is 6.42 Å². The minimum atomic E-state index is -1.06.